The molecule has 3 rings (SSSR count). The van der Waals surface area contributed by atoms with E-state index in [0.29, 0.717) is 18.3 Å². The van der Waals surface area contributed by atoms with E-state index in [1.165, 1.54) is 38.8 Å². The standard InChI is InChI=1S/C14H22N2O2/c17-13(14-4-2-8-18-14)10-15-11-5-7-16-6-1-3-12(16)9-11/h2,4,8,11-13,15,17H,1,3,5-7,9-10H2. The molecule has 0 aromatic carbocycles. The van der Waals surface area contributed by atoms with Gasteiger partial charge in [0.1, 0.15) is 11.9 Å². The number of rotatable bonds is 4. The van der Waals surface area contributed by atoms with Gasteiger partial charge < -0.3 is 19.7 Å². The second-order valence-corrected chi connectivity index (χ2v) is 5.49. The molecule has 0 amide bonds. The Bertz CT molecular complexity index is 366. The molecule has 0 spiro atoms. The van der Waals surface area contributed by atoms with Crippen LogP contribution in [-0.4, -0.2) is 41.7 Å². The molecule has 0 aliphatic carbocycles. The number of hydrogen-bond acceptors (Lipinski definition) is 4. The first-order valence-electron chi connectivity index (χ1n) is 7.02. The average molecular weight is 250 g/mol. The van der Waals surface area contributed by atoms with Crippen LogP contribution in [0.15, 0.2) is 22.8 Å². The zero-order valence-corrected chi connectivity index (χ0v) is 10.7. The highest BCUT2D eigenvalue weighted by molar-refractivity contribution is 5.02. The van der Waals surface area contributed by atoms with Gasteiger partial charge in [0.25, 0.3) is 0 Å². The summed E-state index contributed by atoms with van der Waals surface area (Å²) >= 11 is 0. The highest BCUT2D eigenvalue weighted by Gasteiger charge is 2.31. The highest BCUT2D eigenvalue weighted by Crippen LogP contribution is 2.27. The Labute approximate surface area is 108 Å². The van der Waals surface area contributed by atoms with Gasteiger partial charge in [-0.2, -0.15) is 0 Å². The van der Waals surface area contributed by atoms with E-state index in [2.05, 4.69) is 10.2 Å². The van der Waals surface area contributed by atoms with Crippen LogP contribution in [0.25, 0.3) is 0 Å². The Kier molecular flexibility index (Phi) is 3.68. The van der Waals surface area contributed by atoms with E-state index in [1.807, 2.05) is 12.1 Å². The monoisotopic (exact) mass is 250 g/mol. The number of fused-ring (bicyclic) bond motifs is 1. The van der Waals surface area contributed by atoms with Crippen molar-refractivity contribution in [3.63, 3.8) is 0 Å². The maximum absolute atomic E-state index is 9.96. The van der Waals surface area contributed by atoms with Gasteiger partial charge in [-0.1, -0.05) is 0 Å². The minimum Gasteiger partial charge on any atom is -0.467 e. The molecule has 0 saturated carbocycles. The van der Waals surface area contributed by atoms with Crippen molar-refractivity contribution in [1.29, 1.82) is 0 Å². The van der Waals surface area contributed by atoms with Gasteiger partial charge in [-0.3, -0.25) is 0 Å². The Balaban J connectivity index is 1.46. The largest absolute Gasteiger partial charge is 0.467 e. The molecule has 1 aromatic rings. The van der Waals surface area contributed by atoms with Crippen LogP contribution in [0.5, 0.6) is 0 Å². The molecule has 3 atom stereocenters. The first-order valence-corrected chi connectivity index (χ1v) is 7.02. The summed E-state index contributed by atoms with van der Waals surface area (Å²) in [6, 6.07) is 4.97. The van der Waals surface area contributed by atoms with E-state index in [9.17, 15) is 5.11 Å². The lowest BCUT2D eigenvalue weighted by molar-refractivity contribution is 0.124. The van der Waals surface area contributed by atoms with Crippen LogP contribution >= 0.6 is 0 Å². The Morgan fingerprint density at radius 1 is 1.44 bits per heavy atom. The maximum atomic E-state index is 9.96. The minimum atomic E-state index is -0.526. The Morgan fingerprint density at radius 3 is 3.22 bits per heavy atom. The molecule has 4 nitrogen and oxygen atoms in total. The summed E-state index contributed by atoms with van der Waals surface area (Å²) in [5.41, 5.74) is 0. The van der Waals surface area contributed by atoms with Crippen molar-refractivity contribution in [2.45, 2.75) is 43.9 Å². The SMILES string of the molecule is OC(CNC1CCN2CCCC2C1)c1ccco1. The number of hydrogen-bond donors (Lipinski definition) is 2. The molecule has 3 unspecified atom stereocenters. The summed E-state index contributed by atoms with van der Waals surface area (Å²) in [6.07, 6.45) is 6.20. The van der Waals surface area contributed by atoms with E-state index >= 15 is 0 Å². The van der Waals surface area contributed by atoms with Crippen molar-refractivity contribution in [3.05, 3.63) is 24.2 Å². The van der Waals surface area contributed by atoms with Crippen LogP contribution < -0.4 is 5.32 Å². The minimum absolute atomic E-state index is 0.526. The third-order valence-electron chi connectivity index (χ3n) is 4.29. The fourth-order valence-electron chi connectivity index (χ4n) is 3.27. The van der Waals surface area contributed by atoms with E-state index < -0.39 is 6.10 Å². The number of nitrogens with zero attached hydrogens (tertiary/aromatic N) is 1. The smallest absolute Gasteiger partial charge is 0.133 e. The van der Waals surface area contributed by atoms with Gasteiger partial charge in [0, 0.05) is 18.6 Å². The third kappa shape index (κ3) is 2.60. The predicted octanol–water partition coefficient (Wildman–Crippen LogP) is 1.53. The molecule has 0 radical (unpaired) electrons. The zero-order valence-electron chi connectivity index (χ0n) is 10.7. The van der Waals surface area contributed by atoms with Crippen LogP contribution in [-0.2, 0) is 0 Å². The molecule has 2 aliphatic heterocycles. The van der Waals surface area contributed by atoms with Crippen molar-refractivity contribution in [3.8, 4) is 0 Å². The second kappa shape index (κ2) is 5.43. The molecule has 100 valence electrons. The number of aliphatic hydroxyl groups is 1. The van der Waals surface area contributed by atoms with Crippen LogP contribution in [0.4, 0.5) is 0 Å². The second-order valence-electron chi connectivity index (χ2n) is 5.49. The van der Waals surface area contributed by atoms with Crippen molar-refractivity contribution >= 4 is 0 Å². The number of nitrogens with one attached hydrogen (secondary N) is 1. The van der Waals surface area contributed by atoms with E-state index in [4.69, 9.17) is 4.42 Å². The molecule has 2 N–H and O–H groups in total. The van der Waals surface area contributed by atoms with Gasteiger partial charge in [-0.05, 0) is 50.9 Å². The highest BCUT2D eigenvalue weighted by atomic mass is 16.4. The van der Waals surface area contributed by atoms with Gasteiger partial charge in [0.05, 0.1) is 6.26 Å². The molecule has 3 heterocycles. The number of piperidine rings is 1. The molecular weight excluding hydrogens is 228 g/mol. The van der Waals surface area contributed by atoms with Crippen molar-refractivity contribution in [2.75, 3.05) is 19.6 Å². The van der Waals surface area contributed by atoms with Gasteiger partial charge in [-0.15, -0.1) is 0 Å². The molecule has 2 aliphatic rings. The average Bonchev–Trinajstić information content (AvgIpc) is 3.05. The van der Waals surface area contributed by atoms with Crippen LogP contribution in [0.3, 0.4) is 0 Å². The molecule has 4 heteroatoms. The lowest BCUT2D eigenvalue weighted by Gasteiger charge is -2.35. The first-order chi connectivity index (χ1) is 8.83. The summed E-state index contributed by atoms with van der Waals surface area (Å²) in [7, 11) is 0. The molecule has 1 aromatic heterocycles. The van der Waals surface area contributed by atoms with E-state index in [-0.39, 0.29) is 0 Å². The molecule has 2 saturated heterocycles. The Morgan fingerprint density at radius 2 is 2.39 bits per heavy atom. The molecule has 18 heavy (non-hydrogen) atoms. The number of aliphatic hydroxyl groups excluding tert-OH is 1. The van der Waals surface area contributed by atoms with Crippen molar-refractivity contribution < 1.29 is 9.52 Å². The summed E-state index contributed by atoms with van der Waals surface area (Å²) in [6.45, 7) is 3.08. The third-order valence-corrected chi connectivity index (χ3v) is 4.29. The quantitative estimate of drug-likeness (QED) is 0.851. The van der Waals surface area contributed by atoms with Gasteiger partial charge >= 0.3 is 0 Å². The van der Waals surface area contributed by atoms with Gasteiger partial charge in [0.15, 0.2) is 0 Å². The summed E-state index contributed by atoms with van der Waals surface area (Å²) < 4.78 is 5.21. The van der Waals surface area contributed by atoms with Gasteiger partial charge in [0.2, 0.25) is 0 Å². The predicted molar refractivity (Wildman–Crippen MR) is 69.3 cm³/mol. The van der Waals surface area contributed by atoms with Crippen molar-refractivity contribution in [2.24, 2.45) is 0 Å². The first kappa shape index (κ1) is 12.2. The van der Waals surface area contributed by atoms with Crippen LogP contribution in [0.2, 0.25) is 0 Å². The van der Waals surface area contributed by atoms with E-state index in [0.717, 1.165) is 6.04 Å². The fourth-order valence-corrected chi connectivity index (χ4v) is 3.27. The summed E-state index contributed by atoms with van der Waals surface area (Å²) in [4.78, 5) is 2.61. The maximum Gasteiger partial charge on any atom is 0.133 e. The van der Waals surface area contributed by atoms with Gasteiger partial charge in [-0.25, -0.2) is 0 Å². The van der Waals surface area contributed by atoms with Crippen molar-refractivity contribution in [1.82, 2.24) is 10.2 Å². The molecular formula is C14H22N2O2. The summed E-state index contributed by atoms with van der Waals surface area (Å²) in [5.74, 6) is 0.654. The van der Waals surface area contributed by atoms with E-state index in [1.54, 1.807) is 6.26 Å². The molecule has 2 fully saturated rings. The fraction of sp³-hybridized carbons (Fsp3) is 0.714. The Hall–Kier alpha value is -0.840. The lowest BCUT2D eigenvalue weighted by atomic mass is 9.97. The van der Waals surface area contributed by atoms with Crippen LogP contribution in [0.1, 0.15) is 37.5 Å². The molecule has 0 bridgehead atoms. The van der Waals surface area contributed by atoms with Crippen LogP contribution in [0, 0.1) is 0 Å². The normalized spacial score (nSPS) is 30.3. The summed E-state index contributed by atoms with van der Waals surface area (Å²) in [5, 5.41) is 13.4. The lowest BCUT2D eigenvalue weighted by Crippen LogP contribution is -2.46. The number of furan rings is 1. The zero-order chi connectivity index (χ0) is 12.4. The topological polar surface area (TPSA) is 48.6 Å².